The number of carbonyl (C=O) groups is 2. The highest BCUT2D eigenvalue weighted by molar-refractivity contribution is 14.1. The topological polar surface area (TPSA) is 65.7 Å². The van der Waals surface area contributed by atoms with E-state index in [-0.39, 0.29) is 19.0 Å². The molecule has 5 nitrogen and oxygen atoms in total. The van der Waals surface area contributed by atoms with Gasteiger partial charge in [-0.15, -0.1) is 0 Å². The van der Waals surface area contributed by atoms with Gasteiger partial charge in [0.05, 0.1) is 9.99 Å². The van der Waals surface area contributed by atoms with Gasteiger partial charge in [0, 0.05) is 16.5 Å². The summed E-state index contributed by atoms with van der Waals surface area (Å²) >= 11 is 2.14. The number of halogens is 1. The van der Waals surface area contributed by atoms with Crippen molar-refractivity contribution in [2.24, 2.45) is 0 Å². The minimum atomic E-state index is -0.529. The van der Waals surface area contributed by atoms with Crippen molar-refractivity contribution in [2.45, 2.75) is 39.4 Å². The Morgan fingerprint density at radius 3 is 2.64 bits per heavy atom. The zero-order chi connectivity index (χ0) is 20.3. The van der Waals surface area contributed by atoms with Crippen LogP contribution in [0, 0.1) is 3.57 Å². The average Bonchev–Trinajstić information content (AvgIpc) is 3.03. The van der Waals surface area contributed by atoms with E-state index in [1.807, 2.05) is 51.1 Å². The van der Waals surface area contributed by atoms with Crippen molar-refractivity contribution in [3.63, 3.8) is 0 Å². The number of benzene rings is 2. The number of aldehydes is 1. The lowest BCUT2D eigenvalue weighted by molar-refractivity contribution is -0.153. The molecule has 2 aromatic carbocycles. The van der Waals surface area contributed by atoms with Crippen molar-refractivity contribution >= 4 is 45.8 Å². The van der Waals surface area contributed by atoms with E-state index in [1.54, 1.807) is 12.1 Å². The first kappa shape index (κ1) is 20.4. The maximum atomic E-state index is 12.1. The van der Waals surface area contributed by atoms with Gasteiger partial charge in [0.1, 0.15) is 35.6 Å². The van der Waals surface area contributed by atoms with E-state index in [0.717, 1.165) is 26.4 Å². The Labute approximate surface area is 177 Å². The van der Waals surface area contributed by atoms with Crippen LogP contribution >= 0.6 is 22.6 Å². The smallest absolute Gasteiger partial charge is 0.310 e. The molecule has 0 radical (unpaired) electrons. The summed E-state index contributed by atoms with van der Waals surface area (Å²) in [6, 6.07) is 12.8. The van der Waals surface area contributed by atoms with Crippen LogP contribution in [0.25, 0.3) is 11.0 Å². The molecule has 0 spiro atoms. The first-order valence-corrected chi connectivity index (χ1v) is 9.93. The van der Waals surface area contributed by atoms with E-state index in [2.05, 4.69) is 22.6 Å². The molecule has 146 valence electrons. The molecule has 1 heterocycles. The molecule has 0 bridgehead atoms. The summed E-state index contributed by atoms with van der Waals surface area (Å²) in [5.41, 5.74) is 1.56. The summed E-state index contributed by atoms with van der Waals surface area (Å²) in [5.74, 6) is 0.948. The van der Waals surface area contributed by atoms with Crippen LogP contribution in [0.4, 0.5) is 0 Å². The van der Waals surface area contributed by atoms with E-state index < -0.39 is 5.60 Å². The molecule has 0 aliphatic carbocycles. The number of fused-ring (bicyclic) bond motifs is 1. The third-order valence-electron chi connectivity index (χ3n) is 3.88. The van der Waals surface area contributed by atoms with Gasteiger partial charge in [-0.2, -0.15) is 0 Å². The number of para-hydroxylation sites is 1. The molecule has 0 aliphatic heterocycles. The van der Waals surface area contributed by atoms with E-state index in [4.69, 9.17) is 13.9 Å². The zero-order valence-corrected chi connectivity index (χ0v) is 18.1. The maximum absolute atomic E-state index is 12.1. The molecule has 0 amide bonds. The van der Waals surface area contributed by atoms with Gasteiger partial charge >= 0.3 is 5.97 Å². The molecule has 0 aliphatic rings. The predicted molar refractivity (Wildman–Crippen MR) is 115 cm³/mol. The van der Waals surface area contributed by atoms with Crippen LogP contribution in [0.3, 0.4) is 0 Å². The highest BCUT2D eigenvalue weighted by atomic mass is 127. The Bertz CT molecular complexity index is 1010. The van der Waals surface area contributed by atoms with E-state index in [0.29, 0.717) is 17.1 Å². The quantitative estimate of drug-likeness (QED) is 0.265. The Kier molecular flexibility index (Phi) is 6.07. The van der Waals surface area contributed by atoms with E-state index in [9.17, 15) is 9.59 Å². The first-order valence-electron chi connectivity index (χ1n) is 8.85. The lowest BCUT2D eigenvalue weighted by Gasteiger charge is -2.20. The number of hydrogen-bond acceptors (Lipinski definition) is 5. The molecular weight excluding hydrogens is 471 g/mol. The third-order valence-corrected chi connectivity index (χ3v) is 4.68. The predicted octanol–water partition coefficient (Wildman–Crippen LogP) is 5.31. The van der Waals surface area contributed by atoms with Crippen molar-refractivity contribution in [1.29, 1.82) is 0 Å². The van der Waals surface area contributed by atoms with Gasteiger partial charge < -0.3 is 13.9 Å². The molecule has 3 aromatic rings. The molecular formula is C22H21IO5. The van der Waals surface area contributed by atoms with E-state index >= 15 is 0 Å². The summed E-state index contributed by atoms with van der Waals surface area (Å²) in [6.07, 6.45) is 0.950. The number of carbonyl (C=O) groups excluding carboxylic acids is 2. The lowest BCUT2D eigenvalue weighted by Crippen LogP contribution is -2.25. The second kappa shape index (κ2) is 8.34. The SMILES string of the molecule is CC(C)(C)OC(=O)Cc1ccccc1OCc1cc2cc(C=O)cc(I)c2o1. The molecule has 28 heavy (non-hydrogen) atoms. The number of furan rings is 1. The third kappa shape index (κ3) is 5.13. The highest BCUT2D eigenvalue weighted by Gasteiger charge is 2.18. The standard InChI is InChI=1S/C22H21IO5/c1-22(2,3)28-20(25)11-15-6-4-5-7-19(15)26-13-17-10-16-8-14(12-24)9-18(23)21(16)27-17/h4-10,12H,11,13H2,1-3H3. The van der Waals surface area contributed by atoms with Gasteiger partial charge in [0.25, 0.3) is 0 Å². The van der Waals surface area contributed by atoms with Gasteiger partial charge in [-0.25, -0.2) is 0 Å². The van der Waals surface area contributed by atoms with Crippen molar-refractivity contribution in [1.82, 2.24) is 0 Å². The lowest BCUT2D eigenvalue weighted by atomic mass is 10.1. The van der Waals surface area contributed by atoms with Crippen molar-refractivity contribution < 1.29 is 23.5 Å². The van der Waals surface area contributed by atoms with Crippen LogP contribution < -0.4 is 4.74 Å². The minimum absolute atomic E-state index is 0.133. The molecule has 0 unspecified atom stereocenters. The Morgan fingerprint density at radius 2 is 1.93 bits per heavy atom. The number of hydrogen-bond donors (Lipinski definition) is 0. The summed E-state index contributed by atoms with van der Waals surface area (Å²) in [7, 11) is 0. The van der Waals surface area contributed by atoms with Crippen LogP contribution in [0.15, 0.2) is 46.9 Å². The van der Waals surface area contributed by atoms with Crippen molar-refractivity contribution in [2.75, 3.05) is 0 Å². The summed E-state index contributed by atoms with van der Waals surface area (Å²) in [6.45, 7) is 5.73. The Morgan fingerprint density at radius 1 is 1.18 bits per heavy atom. The monoisotopic (exact) mass is 492 g/mol. The van der Waals surface area contributed by atoms with Gasteiger partial charge in [-0.1, -0.05) is 18.2 Å². The number of esters is 1. The van der Waals surface area contributed by atoms with Gasteiger partial charge in [0.2, 0.25) is 0 Å². The maximum Gasteiger partial charge on any atom is 0.310 e. The molecule has 0 saturated heterocycles. The molecule has 0 fully saturated rings. The Hall–Kier alpha value is -2.35. The van der Waals surface area contributed by atoms with Gasteiger partial charge in [0.15, 0.2) is 0 Å². The normalized spacial score (nSPS) is 11.4. The number of ether oxygens (including phenoxy) is 2. The zero-order valence-electron chi connectivity index (χ0n) is 16.0. The number of rotatable bonds is 6. The molecule has 0 saturated carbocycles. The largest absolute Gasteiger partial charge is 0.485 e. The van der Waals surface area contributed by atoms with E-state index in [1.165, 1.54) is 0 Å². The van der Waals surface area contributed by atoms with Crippen LogP contribution in [0.1, 0.15) is 42.5 Å². The van der Waals surface area contributed by atoms with Crippen LogP contribution in [-0.4, -0.2) is 17.9 Å². The second-order valence-corrected chi connectivity index (χ2v) is 8.57. The molecule has 0 N–H and O–H groups in total. The van der Waals surface area contributed by atoms with Gasteiger partial charge in [-0.3, -0.25) is 9.59 Å². The highest BCUT2D eigenvalue weighted by Crippen LogP contribution is 2.27. The van der Waals surface area contributed by atoms with Crippen LogP contribution in [0.5, 0.6) is 5.75 Å². The fourth-order valence-corrected chi connectivity index (χ4v) is 3.58. The van der Waals surface area contributed by atoms with Crippen LogP contribution in [0.2, 0.25) is 0 Å². The Balaban J connectivity index is 1.74. The van der Waals surface area contributed by atoms with Crippen LogP contribution in [-0.2, 0) is 22.6 Å². The molecule has 1 aromatic heterocycles. The average molecular weight is 492 g/mol. The summed E-state index contributed by atoms with van der Waals surface area (Å²) in [5, 5.41) is 0.856. The minimum Gasteiger partial charge on any atom is -0.485 e. The molecule has 3 rings (SSSR count). The summed E-state index contributed by atoms with van der Waals surface area (Å²) < 4.78 is 18.0. The fraction of sp³-hybridized carbons (Fsp3) is 0.273. The first-order chi connectivity index (χ1) is 13.2. The summed E-state index contributed by atoms with van der Waals surface area (Å²) in [4.78, 5) is 23.2. The van der Waals surface area contributed by atoms with Gasteiger partial charge in [-0.05, 0) is 67.6 Å². The molecule has 0 atom stereocenters. The fourth-order valence-electron chi connectivity index (χ4n) is 2.80. The van der Waals surface area contributed by atoms with Crippen molar-refractivity contribution in [3.05, 3.63) is 62.9 Å². The second-order valence-electron chi connectivity index (χ2n) is 7.41. The van der Waals surface area contributed by atoms with Crippen molar-refractivity contribution in [3.8, 4) is 5.75 Å². The molecule has 6 heteroatoms.